The van der Waals surface area contributed by atoms with Gasteiger partial charge in [0.25, 0.3) is 0 Å². The maximum Gasteiger partial charge on any atom is 0.419 e. The third-order valence-corrected chi connectivity index (χ3v) is 2.38. The summed E-state index contributed by atoms with van der Waals surface area (Å²) in [5.74, 6) is -2.69. The van der Waals surface area contributed by atoms with Crippen molar-refractivity contribution in [1.82, 2.24) is 0 Å². The number of hydrogen-bond acceptors (Lipinski definition) is 2. The third-order valence-electron chi connectivity index (χ3n) is 2.38. The molecule has 4 N–H and O–H groups in total. The van der Waals surface area contributed by atoms with E-state index in [1.54, 1.807) is 0 Å². The van der Waals surface area contributed by atoms with Gasteiger partial charge in [-0.05, 0) is 13.0 Å². The van der Waals surface area contributed by atoms with E-state index in [1.165, 1.54) is 0 Å². The third kappa shape index (κ3) is 2.91. The summed E-state index contributed by atoms with van der Waals surface area (Å²) in [6, 6.07) is 2.53. The number of benzene rings is 1. The highest BCUT2D eigenvalue weighted by Gasteiger charge is 2.39. The predicted octanol–water partition coefficient (Wildman–Crippen LogP) is 1.93. The molecule has 1 aromatic carbocycles. The maximum absolute atomic E-state index is 13.6. The van der Waals surface area contributed by atoms with Crippen molar-refractivity contribution in [2.24, 2.45) is 11.5 Å². The van der Waals surface area contributed by atoms with E-state index >= 15 is 0 Å². The molecule has 0 aliphatic heterocycles. The molecule has 1 rings (SSSR count). The summed E-state index contributed by atoms with van der Waals surface area (Å²) >= 11 is 0. The molecule has 0 aliphatic rings. The summed E-state index contributed by atoms with van der Waals surface area (Å²) in [5.41, 5.74) is 6.27. The number of halogens is 5. The SMILES string of the molecule is CC(N)(C(N)=O)c1cccc(C(F)(F)F)c1F.Cl. The first-order valence-corrected chi connectivity index (χ1v) is 4.53. The van der Waals surface area contributed by atoms with Gasteiger partial charge >= 0.3 is 6.18 Å². The molecule has 0 aliphatic carbocycles. The van der Waals surface area contributed by atoms with E-state index < -0.39 is 34.6 Å². The van der Waals surface area contributed by atoms with Gasteiger partial charge in [0.15, 0.2) is 0 Å². The van der Waals surface area contributed by atoms with Crippen LogP contribution in [0.4, 0.5) is 17.6 Å². The predicted molar refractivity (Wildman–Crippen MR) is 59.4 cm³/mol. The minimum absolute atomic E-state index is 0. The Kier molecular flexibility index (Phi) is 4.73. The van der Waals surface area contributed by atoms with Crippen LogP contribution in [-0.2, 0) is 16.5 Å². The summed E-state index contributed by atoms with van der Waals surface area (Å²) < 4.78 is 50.9. The second-order valence-corrected chi connectivity index (χ2v) is 3.73. The molecule has 1 atom stereocenters. The van der Waals surface area contributed by atoms with Crippen LogP contribution in [0.2, 0.25) is 0 Å². The van der Waals surface area contributed by atoms with Gasteiger partial charge in [0.2, 0.25) is 5.91 Å². The summed E-state index contributed by atoms with van der Waals surface area (Å²) in [5, 5.41) is 0. The summed E-state index contributed by atoms with van der Waals surface area (Å²) in [6.45, 7) is 1.05. The Bertz CT molecular complexity index is 460. The molecule has 0 saturated heterocycles. The first-order chi connectivity index (χ1) is 7.58. The molecule has 0 saturated carbocycles. The summed E-state index contributed by atoms with van der Waals surface area (Å²) in [6.07, 6.45) is -4.85. The average molecular weight is 287 g/mol. The van der Waals surface area contributed by atoms with E-state index in [0.29, 0.717) is 6.07 Å². The first-order valence-electron chi connectivity index (χ1n) is 4.53. The van der Waals surface area contributed by atoms with Crippen LogP contribution in [0.25, 0.3) is 0 Å². The van der Waals surface area contributed by atoms with Crippen molar-refractivity contribution in [3.05, 3.63) is 35.1 Å². The molecule has 0 aromatic heterocycles. The molecule has 18 heavy (non-hydrogen) atoms. The van der Waals surface area contributed by atoms with Crippen LogP contribution in [0.3, 0.4) is 0 Å². The van der Waals surface area contributed by atoms with Crippen LogP contribution >= 0.6 is 12.4 Å². The molecule has 1 amide bonds. The quantitative estimate of drug-likeness (QED) is 0.816. The van der Waals surface area contributed by atoms with E-state index in [0.717, 1.165) is 19.1 Å². The second kappa shape index (κ2) is 5.11. The van der Waals surface area contributed by atoms with Gasteiger partial charge in [-0.3, -0.25) is 4.79 Å². The number of amides is 1. The lowest BCUT2D eigenvalue weighted by Crippen LogP contribution is -2.47. The number of hydrogen-bond donors (Lipinski definition) is 2. The Balaban J connectivity index is 0.00000289. The van der Waals surface area contributed by atoms with Gasteiger partial charge in [-0.15, -0.1) is 12.4 Å². The smallest absolute Gasteiger partial charge is 0.368 e. The number of rotatable bonds is 2. The number of primary amides is 1. The molecule has 0 radical (unpaired) electrons. The molecular formula is C10H11ClF4N2O. The molecule has 0 spiro atoms. The standard InChI is InChI=1S/C10H10F4N2O.ClH/c1-9(16,8(15)17)5-3-2-4-6(7(5)11)10(12,13)14;/h2-4H,16H2,1H3,(H2,15,17);1H. The average Bonchev–Trinajstić information content (AvgIpc) is 2.15. The van der Waals surface area contributed by atoms with Crippen LogP contribution in [0.5, 0.6) is 0 Å². The van der Waals surface area contributed by atoms with Gasteiger partial charge in [0.05, 0.1) is 5.56 Å². The van der Waals surface area contributed by atoms with Crippen molar-refractivity contribution in [2.45, 2.75) is 18.6 Å². The summed E-state index contributed by atoms with van der Waals surface area (Å²) in [4.78, 5) is 11.0. The summed E-state index contributed by atoms with van der Waals surface area (Å²) in [7, 11) is 0. The molecular weight excluding hydrogens is 276 g/mol. The van der Waals surface area contributed by atoms with Crippen molar-refractivity contribution in [3.8, 4) is 0 Å². The molecule has 1 aromatic rings. The van der Waals surface area contributed by atoms with Gasteiger partial charge < -0.3 is 11.5 Å². The monoisotopic (exact) mass is 286 g/mol. The maximum atomic E-state index is 13.6. The van der Waals surface area contributed by atoms with Gasteiger partial charge in [-0.25, -0.2) is 4.39 Å². The minimum atomic E-state index is -4.85. The second-order valence-electron chi connectivity index (χ2n) is 3.73. The molecule has 102 valence electrons. The van der Waals surface area contributed by atoms with Gasteiger partial charge in [-0.1, -0.05) is 12.1 Å². The van der Waals surface area contributed by atoms with Crippen LogP contribution in [0.15, 0.2) is 18.2 Å². The van der Waals surface area contributed by atoms with Crippen LogP contribution < -0.4 is 11.5 Å². The lowest BCUT2D eigenvalue weighted by Gasteiger charge is -2.23. The zero-order valence-electron chi connectivity index (χ0n) is 9.22. The topological polar surface area (TPSA) is 69.1 Å². The van der Waals surface area contributed by atoms with E-state index in [9.17, 15) is 22.4 Å². The van der Waals surface area contributed by atoms with Gasteiger partial charge in [0, 0.05) is 5.56 Å². The molecule has 0 fully saturated rings. The fourth-order valence-electron chi connectivity index (χ4n) is 1.28. The Morgan fingerprint density at radius 2 is 1.67 bits per heavy atom. The number of nitrogens with two attached hydrogens (primary N) is 2. The first kappa shape index (κ1) is 16.7. The number of alkyl halides is 3. The molecule has 1 unspecified atom stereocenters. The van der Waals surface area contributed by atoms with E-state index in [2.05, 4.69) is 0 Å². The van der Waals surface area contributed by atoms with Gasteiger partial charge in [0.1, 0.15) is 11.4 Å². The molecule has 0 bridgehead atoms. The lowest BCUT2D eigenvalue weighted by atomic mass is 9.90. The molecule has 0 heterocycles. The Hall–Kier alpha value is -1.34. The van der Waals surface area contributed by atoms with E-state index in [1.807, 2.05) is 0 Å². The van der Waals surface area contributed by atoms with Gasteiger partial charge in [-0.2, -0.15) is 13.2 Å². The van der Waals surface area contributed by atoms with Crippen LogP contribution in [-0.4, -0.2) is 5.91 Å². The molecule has 3 nitrogen and oxygen atoms in total. The number of carbonyl (C=O) groups excluding carboxylic acids is 1. The fourth-order valence-corrected chi connectivity index (χ4v) is 1.28. The minimum Gasteiger partial charge on any atom is -0.368 e. The van der Waals surface area contributed by atoms with E-state index in [-0.39, 0.29) is 12.4 Å². The number of carbonyl (C=O) groups is 1. The highest BCUT2D eigenvalue weighted by Crippen LogP contribution is 2.34. The van der Waals surface area contributed by atoms with Crippen molar-refractivity contribution in [1.29, 1.82) is 0 Å². The Morgan fingerprint density at radius 1 is 1.22 bits per heavy atom. The zero-order valence-corrected chi connectivity index (χ0v) is 10.0. The fraction of sp³-hybridized carbons (Fsp3) is 0.300. The highest BCUT2D eigenvalue weighted by atomic mass is 35.5. The van der Waals surface area contributed by atoms with Crippen molar-refractivity contribution in [3.63, 3.8) is 0 Å². The van der Waals surface area contributed by atoms with Crippen LogP contribution in [0, 0.1) is 5.82 Å². The highest BCUT2D eigenvalue weighted by molar-refractivity contribution is 5.85. The van der Waals surface area contributed by atoms with Crippen molar-refractivity contribution < 1.29 is 22.4 Å². The Labute approximate surface area is 107 Å². The lowest BCUT2D eigenvalue weighted by molar-refractivity contribution is -0.140. The van der Waals surface area contributed by atoms with Crippen molar-refractivity contribution in [2.75, 3.05) is 0 Å². The Morgan fingerprint density at radius 3 is 2.06 bits per heavy atom. The zero-order chi connectivity index (χ0) is 13.4. The van der Waals surface area contributed by atoms with Crippen LogP contribution in [0.1, 0.15) is 18.1 Å². The largest absolute Gasteiger partial charge is 0.419 e. The van der Waals surface area contributed by atoms with E-state index in [4.69, 9.17) is 11.5 Å². The molecule has 8 heteroatoms. The van der Waals surface area contributed by atoms with Crippen molar-refractivity contribution >= 4 is 18.3 Å². The normalized spacial score (nSPS) is 14.6.